The van der Waals surface area contributed by atoms with E-state index in [2.05, 4.69) is 20.4 Å². The van der Waals surface area contributed by atoms with E-state index in [1.807, 2.05) is 6.92 Å². The van der Waals surface area contributed by atoms with E-state index in [0.717, 1.165) is 29.6 Å². The molecule has 4 rings (SSSR count). The highest BCUT2D eigenvalue weighted by Crippen LogP contribution is 2.71. The van der Waals surface area contributed by atoms with Gasteiger partial charge in [-0.2, -0.15) is 0 Å². The van der Waals surface area contributed by atoms with E-state index in [1.165, 1.54) is 0 Å². The van der Waals surface area contributed by atoms with Crippen molar-refractivity contribution in [3.63, 3.8) is 0 Å². The minimum Gasteiger partial charge on any atom is -0.387 e. The van der Waals surface area contributed by atoms with Crippen LogP contribution >= 0.6 is 0 Å². The van der Waals surface area contributed by atoms with Crippen LogP contribution < -0.4 is 0 Å². The molecular weight excluding hydrogens is 288 g/mol. The number of carbonyl (C=O) groups excluding carboxylic acids is 1. The van der Waals surface area contributed by atoms with Gasteiger partial charge in [-0.3, -0.25) is 4.79 Å². The van der Waals surface area contributed by atoms with Gasteiger partial charge in [0.05, 0.1) is 5.60 Å². The van der Waals surface area contributed by atoms with Gasteiger partial charge in [0, 0.05) is 23.3 Å². The molecule has 23 heavy (non-hydrogen) atoms. The minimum atomic E-state index is -1.18. The second-order valence-electron chi connectivity index (χ2n) is 9.19. The van der Waals surface area contributed by atoms with Gasteiger partial charge in [0.2, 0.25) is 0 Å². The molecule has 4 aliphatic rings. The highest BCUT2D eigenvalue weighted by molar-refractivity contribution is 6.02. The summed E-state index contributed by atoms with van der Waals surface area (Å²) in [4.78, 5) is 12.8. The van der Waals surface area contributed by atoms with Crippen LogP contribution in [0.1, 0.15) is 47.0 Å². The predicted molar refractivity (Wildman–Crippen MR) is 88.6 cm³/mol. The summed E-state index contributed by atoms with van der Waals surface area (Å²) >= 11 is 0. The van der Waals surface area contributed by atoms with Crippen molar-refractivity contribution in [2.75, 3.05) is 0 Å². The molecule has 2 saturated carbocycles. The summed E-state index contributed by atoms with van der Waals surface area (Å²) in [6, 6.07) is 0. The Morgan fingerprint density at radius 2 is 1.87 bits per heavy atom. The summed E-state index contributed by atoms with van der Waals surface area (Å²) in [6.07, 6.45) is 1.67. The van der Waals surface area contributed by atoms with Gasteiger partial charge in [-0.1, -0.05) is 32.9 Å². The molecule has 0 unspecified atom stereocenters. The molecule has 126 valence electrons. The fourth-order valence-corrected chi connectivity index (χ4v) is 6.20. The molecule has 3 heteroatoms. The molecule has 4 aliphatic carbocycles. The molecule has 2 fully saturated rings. The van der Waals surface area contributed by atoms with E-state index >= 15 is 0 Å². The van der Waals surface area contributed by atoms with Gasteiger partial charge in [0.1, 0.15) is 6.10 Å². The first-order chi connectivity index (χ1) is 10.6. The standard InChI is InChI=1S/C20H28O3/c1-9-6-7-12-15(19(12,3)4)16-13(9)14-11(8-10(2)17(14)21)18(22)20(16,5)23/h10,12-13,15-16,18,22-23H,1,6-8H2,2-5H3/t10-,12-,13-,15-,16-,18+,20-/m0/s1. The first-order valence-electron chi connectivity index (χ1n) is 8.95. The fourth-order valence-electron chi connectivity index (χ4n) is 6.20. The monoisotopic (exact) mass is 316 g/mol. The van der Waals surface area contributed by atoms with Gasteiger partial charge in [-0.15, -0.1) is 0 Å². The van der Waals surface area contributed by atoms with Crippen molar-refractivity contribution >= 4 is 5.78 Å². The van der Waals surface area contributed by atoms with Crippen LogP contribution in [0.25, 0.3) is 0 Å². The summed E-state index contributed by atoms with van der Waals surface area (Å²) in [7, 11) is 0. The number of hydrogen-bond donors (Lipinski definition) is 2. The third kappa shape index (κ3) is 1.76. The number of rotatable bonds is 0. The molecule has 0 bridgehead atoms. The van der Waals surface area contributed by atoms with Gasteiger partial charge in [-0.05, 0) is 49.0 Å². The molecule has 0 aromatic rings. The molecule has 0 aliphatic heterocycles. The van der Waals surface area contributed by atoms with E-state index in [0.29, 0.717) is 18.3 Å². The molecule has 0 saturated heterocycles. The zero-order valence-electron chi connectivity index (χ0n) is 14.6. The summed E-state index contributed by atoms with van der Waals surface area (Å²) < 4.78 is 0. The Balaban J connectivity index is 1.90. The van der Waals surface area contributed by atoms with Crippen molar-refractivity contribution in [3.05, 3.63) is 23.3 Å². The zero-order chi connectivity index (χ0) is 16.9. The topological polar surface area (TPSA) is 57.5 Å². The van der Waals surface area contributed by atoms with Crippen molar-refractivity contribution in [1.82, 2.24) is 0 Å². The lowest BCUT2D eigenvalue weighted by molar-refractivity contribution is -0.123. The maximum atomic E-state index is 12.8. The van der Waals surface area contributed by atoms with Gasteiger partial charge in [-0.25, -0.2) is 0 Å². The predicted octanol–water partition coefficient (Wildman–Crippen LogP) is 2.87. The molecule has 7 atom stereocenters. The average molecular weight is 316 g/mol. The lowest BCUT2D eigenvalue weighted by Crippen LogP contribution is -2.55. The Kier molecular flexibility index (Phi) is 2.96. The van der Waals surface area contributed by atoms with Crippen molar-refractivity contribution < 1.29 is 15.0 Å². The molecule has 2 N–H and O–H groups in total. The first-order valence-corrected chi connectivity index (χ1v) is 8.95. The number of aliphatic hydroxyl groups excluding tert-OH is 1. The maximum Gasteiger partial charge on any atom is 0.162 e. The van der Waals surface area contributed by atoms with Crippen LogP contribution in [-0.2, 0) is 4.79 Å². The van der Waals surface area contributed by atoms with Gasteiger partial charge < -0.3 is 10.2 Å². The number of ketones is 1. The Morgan fingerprint density at radius 3 is 2.52 bits per heavy atom. The Hall–Kier alpha value is -0.930. The van der Waals surface area contributed by atoms with E-state index < -0.39 is 11.7 Å². The number of hydrogen-bond acceptors (Lipinski definition) is 3. The van der Waals surface area contributed by atoms with Gasteiger partial charge in [0.15, 0.2) is 5.78 Å². The molecule has 0 aromatic carbocycles. The van der Waals surface area contributed by atoms with Crippen LogP contribution in [0.4, 0.5) is 0 Å². The second-order valence-corrected chi connectivity index (χ2v) is 9.19. The van der Waals surface area contributed by atoms with Crippen LogP contribution in [0.3, 0.4) is 0 Å². The summed E-state index contributed by atoms with van der Waals surface area (Å²) in [5, 5.41) is 22.2. The Bertz CT molecular complexity index is 639. The van der Waals surface area contributed by atoms with E-state index in [-0.39, 0.29) is 29.0 Å². The van der Waals surface area contributed by atoms with Crippen LogP contribution in [0, 0.1) is 35.0 Å². The Morgan fingerprint density at radius 1 is 1.22 bits per heavy atom. The number of aliphatic hydroxyl groups is 2. The smallest absolute Gasteiger partial charge is 0.162 e. The number of fused-ring (bicyclic) bond motifs is 4. The number of carbonyl (C=O) groups is 1. The lowest BCUT2D eigenvalue weighted by atomic mass is 9.61. The number of allylic oxidation sites excluding steroid dienone is 2. The van der Waals surface area contributed by atoms with Crippen molar-refractivity contribution in [2.45, 2.75) is 58.7 Å². The SMILES string of the molecule is C=C1CC[C@H]2[C@@H]([C@@H]3[C@@H]1C1=C(C[C@H](C)C1=O)[C@@H](O)[C@@]3(C)O)C2(C)C. The quantitative estimate of drug-likeness (QED) is 0.676. The molecular formula is C20H28O3. The van der Waals surface area contributed by atoms with E-state index in [4.69, 9.17) is 0 Å². The van der Waals surface area contributed by atoms with Crippen LogP contribution in [0.2, 0.25) is 0 Å². The maximum absolute atomic E-state index is 12.8. The molecule has 0 aromatic heterocycles. The van der Waals surface area contributed by atoms with E-state index in [9.17, 15) is 15.0 Å². The van der Waals surface area contributed by atoms with Crippen LogP contribution in [-0.4, -0.2) is 27.7 Å². The first kappa shape index (κ1) is 15.6. The molecule has 0 heterocycles. The van der Waals surface area contributed by atoms with E-state index in [1.54, 1.807) is 6.92 Å². The third-order valence-corrected chi connectivity index (χ3v) is 7.56. The summed E-state index contributed by atoms with van der Waals surface area (Å²) in [5.74, 6) is 0.835. The molecule has 0 amide bonds. The largest absolute Gasteiger partial charge is 0.387 e. The van der Waals surface area contributed by atoms with Gasteiger partial charge >= 0.3 is 0 Å². The third-order valence-electron chi connectivity index (χ3n) is 7.56. The summed E-state index contributed by atoms with van der Waals surface area (Å²) in [6.45, 7) is 12.5. The second kappa shape index (κ2) is 4.37. The number of Topliss-reactive ketones (excluding diaryl/α,β-unsaturated/α-hetero) is 1. The molecule has 0 spiro atoms. The van der Waals surface area contributed by atoms with Crippen molar-refractivity contribution in [3.8, 4) is 0 Å². The minimum absolute atomic E-state index is 0.0716. The average Bonchev–Trinajstić information content (AvgIpc) is 2.93. The van der Waals surface area contributed by atoms with Crippen molar-refractivity contribution in [1.29, 1.82) is 0 Å². The lowest BCUT2D eigenvalue weighted by Gasteiger charge is -2.47. The van der Waals surface area contributed by atoms with Crippen LogP contribution in [0.15, 0.2) is 23.3 Å². The molecule has 0 radical (unpaired) electrons. The van der Waals surface area contributed by atoms with Crippen LogP contribution in [0.5, 0.6) is 0 Å². The van der Waals surface area contributed by atoms with Gasteiger partial charge in [0.25, 0.3) is 0 Å². The zero-order valence-corrected chi connectivity index (χ0v) is 14.6. The molecule has 3 nitrogen and oxygen atoms in total. The highest BCUT2D eigenvalue weighted by atomic mass is 16.3. The Labute approximate surface area is 138 Å². The normalized spacial score (nSPS) is 51.0. The highest BCUT2D eigenvalue weighted by Gasteiger charge is 2.69. The van der Waals surface area contributed by atoms with Crippen molar-refractivity contribution in [2.24, 2.45) is 35.0 Å². The fraction of sp³-hybridized carbons (Fsp3) is 0.750. The summed E-state index contributed by atoms with van der Waals surface area (Å²) in [5.41, 5.74) is 1.66.